The minimum atomic E-state index is -0.396. The van der Waals surface area contributed by atoms with Gasteiger partial charge in [-0.1, -0.05) is 24.3 Å². The summed E-state index contributed by atoms with van der Waals surface area (Å²) >= 11 is 1.51. The molecule has 0 aliphatic heterocycles. The molecule has 176 valence electrons. The average Bonchev–Trinajstić information content (AvgIpc) is 3.25. The lowest BCUT2D eigenvalue weighted by atomic mass is 10.1. The number of anilines is 4. The van der Waals surface area contributed by atoms with Crippen LogP contribution in [-0.2, 0) is 0 Å². The van der Waals surface area contributed by atoms with Gasteiger partial charge >= 0.3 is 6.03 Å². The zero-order valence-electron chi connectivity index (χ0n) is 18.3. The maximum absolute atomic E-state index is 12.1. The number of urea groups is 1. The molecular weight excluding hydrogens is 464 g/mol. The van der Waals surface area contributed by atoms with E-state index in [4.69, 9.17) is 16.6 Å². The molecule has 2 amide bonds. The van der Waals surface area contributed by atoms with E-state index in [1.165, 1.54) is 35.9 Å². The number of hydrogen-bond donors (Lipinski definition) is 6. The van der Waals surface area contributed by atoms with Crippen LogP contribution in [0.4, 0.5) is 27.7 Å². The molecule has 8 N–H and O–H groups in total. The summed E-state index contributed by atoms with van der Waals surface area (Å²) < 4.78 is 0. The number of aromatic nitrogens is 2. The number of rotatable bonds is 3. The molecule has 0 aliphatic rings. The van der Waals surface area contributed by atoms with Crippen molar-refractivity contribution in [1.29, 1.82) is 0 Å². The third-order valence-corrected chi connectivity index (χ3v) is 5.71. The van der Waals surface area contributed by atoms with Crippen LogP contribution in [0, 0.1) is 0 Å². The van der Waals surface area contributed by atoms with Gasteiger partial charge in [0, 0.05) is 40.1 Å². The molecule has 0 atom stereocenters. The third kappa shape index (κ3) is 5.95. The van der Waals surface area contributed by atoms with E-state index in [1.54, 1.807) is 42.5 Å². The van der Waals surface area contributed by atoms with Crippen LogP contribution in [0.5, 0.6) is 11.5 Å². The van der Waals surface area contributed by atoms with Gasteiger partial charge in [-0.3, -0.25) is 0 Å². The van der Waals surface area contributed by atoms with Crippen molar-refractivity contribution >= 4 is 50.5 Å². The first-order valence-electron chi connectivity index (χ1n) is 10.4. The van der Waals surface area contributed by atoms with Crippen LogP contribution in [-0.4, -0.2) is 26.2 Å². The van der Waals surface area contributed by atoms with E-state index in [-0.39, 0.29) is 11.5 Å². The van der Waals surface area contributed by atoms with Gasteiger partial charge in [0.05, 0.1) is 5.39 Å². The Morgan fingerprint density at radius 2 is 1.51 bits per heavy atom. The number of amides is 2. The Labute approximate surface area is 204 Å². The quantitative estimate of drug-likeness (QED) is 0.190. The van der Waals surface area contributed by atoms with Crippen LogP contribution in [0.15, 0.2) is 84.5 Å². The van der Waals surface area contributed by atoms with Gasteiger partial charge in [-0.15, -0.1) is 11.3 Å². The number of benzene rings is 3. The van der Waals surface area contributed by atoms with Gasteiger partial charge in [0.15, 0.2) is 0 Å². The summed E-state index contributed by atoms with van der Waals surface area (Å²) in [6.45, 7) is 0. The number of carbonyl (C=O) groups is 1. The van der Waals surface area contributed by atoms with Crippen molar-refractivity contribution < 1.29 is 15.0 Å². The highest BCUT2D eigenvalue weighted by atomic mass is 32.1. The summed E-state index contributed by atoms with van der Waals surface area (Å²) in [4.78, 5) is 21.2. The van der Waals surface area contributed by atoms with E-state index in [0.717, 1.165) is 21.3 Å². The summed E-state index contributed by atoms with van der Waals surface area (Å²) in [5, 5.41) is 26.4. The number of nitrogens with zero attached hydrogens (tertiary/aromatic N) is 2. The number of thiophene rings is 1. The summed E-state index contributed by atoms with van der Waals surface area (Å²) in [6, 6.07) is 19.9. The normalized spacial score (nSPS) is 10.3. The summed E-state index contributed by atoms with van der Waals surface area (Å²) in [5.74, 6) is 0.748. The number of phenols is 2. The molecular formula is C25H22N6O3S. The molecule has 5 rings (SSSR count). The van der Waals surface area contributed by atoms with Crippen LogP contribution < -0.4 is 22.1 Å². The number of hydrogen-bond acceptors (Lipinski definition) is 8. The van der Waals surface area contributed by atoms with Crippen molar-refractivity contribution in [3.63, 3.8) is 0 Å². The van der Waals surface area contributed by atoms with E-state index in [1.807, 2.05) is 17.5 Å². The summed E-state index contributed by atoms with van der Waals surface area (Å²) in [6.07, 6.45) is 1.45. The Morgan fingerprint density at radius 3 is 2.17 bits per heavy atom. The molecule has 9 nitrogen and oxygen atoms in total. The Kier molecular flexibility index (Phi) is 6.94. The topological polar surface area (TPSA) is 159 Å². The highest BCUT2D eigenvalue weighted by molar-refractivity contribution is 7.17. The van der Waals surface area contributed by atoms with E-state index in [2.05, 4.69) is 20.6 Å². The van der Waals surface area contributed by atoms with Crippen molar-refractivity contribution in [2.75, 3.05) is 22.1 Å². The van der Waals surface area contributed by atoms with Gasteiger partial charge < -0.3 is 32.3 Å². The summed E-state index contributed by atoms with van der Waals surface area (Å²) in [7, 11) is 0. The first-order valence-corrected chi connectivity index (χ1v) is 11.3. The smallest absolute Gasteiger partial charge is 0.323 e. The lowest BCUT2D eigenvalue weighted by Crippen LogP contribution is -2.19. The second kappa shape index (κ2) is 10.4. The van der Waals surface area contributed by atoms with Crippen LogP contribution in [0.25, 0.3) is 21.3 Å². The van der Waals surface area contributed by atoms with Gasteiger partial charge in [0.2, 0.25) is 0 Å². The molecule has 2 aromatic heterocycles. The second-order valence-corrected chi connectivity index (χ2v) is 8.25. The fraction of sp³-hybridized carbons (Fsp3) is 0. The maximum Gasteiger partial charge on any atom is 0.323 e. The maximum atomic E-state index is 12.1. The van der Waals surface area contributed by atoms with Crippen molar-refractivity contribution in [1.82, 2.24) is 9.97 Å². The Balaban J connectivity index is 0.000000308. The van der Waals surface area contributed by atoms with Gasteiger partial charge in [-0.2, -0.15) is 0 Å². The zero-order chi connectivity index (χ0) is 24.8. The van der Waals surface area contributed by atoms with Crippen molar-refractivity contribution in [3.8, 4) is 22.6 Å². The molecule has 0 radical (unpaired) electrons. The molecule has 10 heteroatoms. The molecule has 5 aromatic rings. The molecule has 0 fully saturated rings. The fourth-order valence-electron chi connectivity index (χ4n) is 3.25. The highest BCUT2D eigenvalue weighted by Gasteiger charge is 2.11. The average molecular weight is 487 g/mol. The lowest BCUT2D eigenvalue weighted by molar-refractivity contribution is 0.262. The molecule has 0 bridgehead atoms. The number of nitrogens with two attached hydrogens (primary N) is 2. The molecule has 0 unspecified atom stereocenters. The molecule has 0 saturated carbocycles. The highest BCUT2D eigenvalue weighted by Crippen LogP contribution is 2.35. The minimum Gasteiger partial charge on any atom is -0.508 e. The Bertz CT molecular complexity index is 1450. The van der Waals surface area contributed by atoms with Gasteiger partial charge in [0.1, 0.15) is 28.5 Å². The van der Waals surface area contributed by atoms with Crippen molar-refractivity contribution in [2.24, 2.45) is 0 Å². The summed E-state index contributed by atoms with van der Waals surface area (Å²) in [5.41, 5.74) is 14.9. The van der Waals surface area contributed by atoms with E-state index >= 15 is 0 Å². The van der Waals surface area contributed by atoms with Crippen LogP contribution >= 0.6 is 11.3 Å². The second-order valence-electron chi connectivity index (χ2n) is 7.39. The standard InChI is InChI=1S/C19H15N5O2S.C6H7NO/c20-17-16-15(9-27-18(16)22-10-21-17)11-4-6-12(7-5-11)23-19(26)24-13-2-1-3-14(25)8-13;7-5-2-1-3-6(8)4-5/h1-10,25H,(H2,20,21,22)(H2,23,24,26);1-4,8H,7H2. The van der Waals surface area contributed by atoms with Gasteiger partial charge in [-0.05, 0) is 42.0 Å². The van der Waals surface area contributed by atoms with Gasteiger partial charge in [-0.25, -0.2) is 14.8 Å². The number of fused-ring (bicyclic) bond motifs is 1. The zero-order valence-corrected chi connectivity index (χ0v) is 19.2. The molecule has 0 saturated heterocycles. The lowest BCUT2D eigenvalue weighted by Gasteiger charge is -2.09. The predicted molar refractivity (Wildman–Crippen MR) is 141 cm³/mol. The first kappa shape index (κ1) is 23.3. The largest absolute Gasteiger partial charge is 0.508 e. The monoisotopic (exact) mass is 486 g/mol. The third-order valence-electron chi connectivity index (χ3n) is 4.83. The SMILES string of the molecule is Nc1cccc(O)c1.Nc1ncnc2scc(-c3ccc(NC(=O)Nc4cccc(O)c4)cc3)c12. The Hall–Kier alpha value is -4.83. The van der Waals surface area contributed by atoms with E-state index < -0.39 is 6.03 Å². The van der Waals surface area contributed by atoms with Crippen molar-refractivity contribution in [2.45, 2.75) is 0 Å². The number of phenolic OH excluding ortho intramolecular Hbond substituents is 2. The number of nitrogens with one attached hydrogen (secondary N) is 2. The number of aromatic hydroxyl groups is 2. The molecule has 35 heavy (non-hydrogen) atoms. The van der Waals surface area contributed by atoms with Gasteiger partial charge in [0.25, 0.3) is 0 Å². The first-order chi connectivity index (χ1) is 16.9. The predicted octanol–water partition coefficient (Wildman–Crippen LogP) is 5.26. The van der Waals surface area contributed by atoms with Crippen LogP contribution in [0.2, 0.25) is 0 Å². The molecule has 0 aliphatic carbocycles. The molecule has 3 aromatic carbocycles. The minimum absolute atomic E-state index is 0.0865. The number of carbonyl (C=O) groups excluding carboxylic acids is 1. The number of nitrogen functional groups attached to an aromatic ring is 2. The fourth-order valence-corrected chi connectivity index (χ4v) is 4.17. The van der Waals surface area contributed by atoms with E-state index in [9.17, 15) is 9.90 Å². The van der Waals surface area contributed by atoms with Crippen molar-refractivity contribution in [3.05, 3.63) is 84.5 Å². The van der Waals surface area contributed by atoms with Crippen LogP contribution in [0.1, 0.15) is 0 Å². The Morgan fingerprint density at radius 1 is 0.829 bits per heavy atom. The van der Waals surface area contributed by atoms with E-state index in [0.29, 0.717) is 22.9 Å². The molecule has 0 spiro atoms. The molecule has 2 heterocycles. The van der Waals surface area contributed by atoms with Crippen LogP contribution in [0.3, 0.4) is 0 Å².